The van der Waals surface area contributed by atoms with Crippen LogP contribution in [0.25, 0.3) is 0 Å². The first-order valence-corrected chi connectivity index (χ1v) is 8.48. The number of aryl methyl sites for hydroxylation is 1. The molecule has 0 unspecified atom stereocenters. The summed E-state index contributed by atoms with van der Waals surface area (Å²) < 4.78 is 0. The van der Waals surface area contributed by atoms with Crippen molar-refractivity contribution in [3.05, 3.63) is 53.3 Å². The highest BCUT2D eigenvalue weighted by atomic mass is 16.3. The lowest BCUT2D eigenvalue weighted by molar-refractivity contribution is 0.180. The number of nitrogens with zero attached hydrogens (tertiary/aromatic N) is 2. The van der Waals surface area contributed by atoms with Crippen molar-refractivity contribution in [3.63, 3.8) is 0 Å². The first-order valence-electron chi connectivity index (χ1n) is 8.48. The molecule has 2 aromatic rings. The average Bonchev–Trinajstić information content (AvgIpc) is 2.60. The van der Waals surface area contributed by atoms with Crippen LogP contribution in [0.4, 0.5) is 4.79 Å². The Morgan fingerprint density at radius 2 is 2.00 bits per heavy atom. The topological polar surface area (TPSA) is 85.7 Å². The Morgan fingerprint density at radius 1 is 1.24 bits per heavy atom. The van der Waals surface area contributed by atoms with E-state index in [4.69, 9.17) is 0 Å². The van der Waals surface area contributed by atoms with E-state index in [-0.39, 0.29) is 23.4 Å². The van der Waals surface area contributed by atoms with Crippen LogP contribution in [0.15, 0.2) is 36.7 Å². The summed E-state index contributed by atoms with van der Waals surface area (Å²) in [6.07, 6.45) is 5.12. The molecule has 25 heavy (non-hydrogen) atoms. The number of nitrogens with one attached hydrogen (secondary N) is 1. The number of hydrogen-bond donors (Lipinski definition) is 3. The van der Waals surface area contributed by atoms with Gasteiger partial charge < -0.3 is 20.4 Å². The minimum absolute atomic E-state index is 0.0590. The standard InChI is InChI=1S/C19H23N3O3/c1-13-8-14(11-20-10-13)12-21-19(25)22-6-4-15(5-7-22)17-3-2-16(23)9-18(17)24/h2-3,8-11,15,23-24H,4-7,12H2,1H3,(H,21,25). The largest absolute Gasteiger partial charge is 0.508 e. The number of benzene rings is 1. The van der Waals surface area contributed by atoms with Crippen molar-refractivity contribution in [2.24, 2.45) is 0 Å². The van der Waals surface area contributed by atoms with Crippen molar-refractivity contribution in [3.8, 4) is 11.5 Å². The molecule has 0 aliphatic carbocycles. The Morgan fingerprint density at radius 3 is 2.68 bits per heavy atom. The third kappa shape index (κ3) is 4.21. The predicted molar refractivity (Wildman–Crippen MR) is 94.5 cm³/mol. The average molecular weight is 341 g/mol. The summed E-state index contributed by atoms with van der Waals surface area (Å²) in [6, 6.07) is 6.65. The molecule has 6 heteroatoms. The second-order valence-electron chi connectivity index (χ2n) is 6.53. The molecule has 0 radical (unpaired) electrons. The number of piperidine rings is 1. The van der Waals surface area contributed by atoms with Crippen LogP contribution in [-0.2, 0) is 6.54 Å². The maximum absolute atomic E-state index is 12.3. The summed E-state index contributed by atoms with van der Waals surface area (Å²) in [5.41, 5.74) is 2.89. The number of hydrogen-bond acceptors (Lipinski definition) is 4. The molecule has 6 nitrogen and oxygen atoms in total. The number of urea groups is 1. The van der Waals surface area contributed by atoms with Gasteiger partial charge in [0.1, 0.15) is 11.5 Å². The number of pyridine rings is 1. The highest BCUT2D eigenvalue weighted by Crippen LogP contribution is 2.35. The molecule has 1 saturated heterocycles. The number of phenolic OH excluding ortho intramolecular Hbond substituents is 2. The summed E-state index contributed by atoms with van der Waals surface area (Å²) in [4.78, 5) is 18.3. The highest BCUT2D eigenvalue weighted by molar-refractivity contribution is 5.74. The lowest BCUT2D eigenvalue weighted by Crippen LogP contribution is -2.43. The molecule has 1 aromatic heterocycles. The van der Waals surface area contributed by atoms with Gasteiger partial charge in [0.05, 0.1) is 0 Å². The van der Waals surface area contributed by atoms with Gasteiger partial charge in [-0.15, -0.1) is 0 Å². The number of aromatic hydroxyl groups is 2. The number of amides is 2. The summed E-state index contributed by atoms with van der Waals surface area (Å²) in [5.74, 6) is 0.379. The molecule has 132 valence electrons. The number of carbonyl (C=O) groups is 1. The Bertz CT molecular complexity index is 755. The van der Waals surface area contributed by atoms with Gasteiger partial charge in [0, 0.05) is 38.1 Å². The summed E-state index contributed by atoms with van der Waals surface area (Å²) >= 11 is 0. The van der Waals surface area contributed by atoms with E-state index >= 15 is 0 Å². The molecule has 0 saturated carbocycles. The zero-order chi connectivity index (χ0) is 17.8. The smallest absolute Gasteiger partial charge is 0.317 e. The van der Waals surface area contributed by atoms with E-state index in [1.54, 1.807) is 29.4 Å². The van der Waals surface area contributed by atoms with Gasteiger partial charge in [-0.3, -0.25) is 4.98 Å². The molecule has 1 aromatic carbocycles. The minimum atomic E-state index is -0.0742. The number of rotatable bonds is 3. The maximum atomic E-state index is 12.3. The SMILES string of the molecule is Cc1cncc(CNC(=O)N2CCC(c3ccc(O)cc3O)CC2)c1. The lowest BCUT2D eigenvalue weighted by Gasteiger charge is -2.32. The minimum Gasteiger partial charge on any atom is -0.508 e. The van der Waals surface area contributed by atoms with Gasteiger partial charge in [0.15, 0.2) is 0 Å². The van der Waals surface area contributed by atoms with Crippen molar-refractivity contribution < 1.29 is 15.0 Å². The van der Waals surface area contributed by atoms with E-state index < -0.39 is 0 Å². The van der Waals surface area contributed by atoms with E-state index in [1.165, 1.54) is 6.07 Å². The predicted octanol–water partition coefficient (Wildman–Crippen LogP) is 2.89. The van der Waals surface area contributed by atoms with Crippen LogP contribution in [-0.4, -0.2) is 39.2 Å². The molecular weight excluding hydrogens is 318 g/mol. The van der Waals surface area contributed by atoms with Gasteiger partial charge in [-0.2, -0.15) is 0 Å². The van der Waals surface area contributed by atoms with Crippen LogP contribution in [0.1, 0.15) is 35.4 Å². The van der Waals surface area contributed by atoms with Gasteiger partial charge in [-0.25, -0.2) is 4.79 Å². The van der Waals surface area contributed by atoms with Gasteiger partial charge in [0.2, 0.25) is 0 Å². The molecule has 1 aliphatic rings. The Hall–Kier alpha value is -2.76. The second-order valence-corrected chi connectivity index (χ2v) is 6.53. The first-order chi connectivity index (χ1) is 12.0. The number of aromatic nitrogens is 1. The fourth-order valence-electron chi connectivity index (χ4n) is 3.27. The molecular formula is C19H23N3O3. The maximum Gasteiger partial charge on any atom is 0.317 e. The Balaban J connectivity index is 1.52. The molecule has 3 N–H and O–H groups in total. The normalized spacial score (nSPS) is 15.2. The van der Waals surface area contributed by atoms with E-state index in [0.717, 1.165) is 29.5 Å². The van der Waals surface area contributed by atoms with Crippen LogP contribution in [0.2, 0.25) is 0 Å². The van der Waals surface area contributed by atoms with Crippen LogP contribution in [0.3, 0.4) is 0 Å². The van der Waals surface area contributed by atoms with Crippen molar-refractivity contribution in [1.82, 2.24) is 15.2 Å². The van der Waals surface area contributed by atoms with Crippen molar-refractivity contribution >= 4 is 6.03 Å². The van der Waals surface area contributed by atoms with Crippen molar-refractivity contribution in [1.29, 1.82) is 0 Å². The molecule has 2 amide bonds. The van der Waals surface area contributed by atoms with E-state index in [0.29, 0.717) is 19.6 Å². The zero-order valence-corrected chi connectivity index (χ0v) is 14.3. The molecule has 0 spiro atoms. The summed E-state index contributed by atoms with van der Waals surface area (Å²) in [7, 11) is 0. The number of phenols is 2. The quantitative estimate of drug-likeness (QED) is 0.801. The van der Waals surface area contributed by atoms with Crippen LogP contribution < -0.4 is 5.32 Å². The van der Waals surface area contributed by atoms with Crippen molar-refractivity contribution in [2.45, 2.75) is 32.2 Å². The fourth-order valence-corrected chi connectivity index (χ4v) is 3.27. The molecule has 2 heterocycles. The lowest BCUT2D eigenvalue weighted by atomic mass is 9.89. The monoisotopic (exact) mass is 341 g/mol. The molecule has 0 bridgehead atoms. The van der Waals surface area contributed by atoms with E-state index in [9.17, 15) is 15.0 Å². The summed E-state index contributed by atoms with van der Waals surface area (Å²) in [5, 5.41) is 22.3. The molecule has 1 aliphatic heterocycles. The summed E-state index contributed by atoms with van der Waals surface area (Å²) in [6.45, 7) is 3.72. The number of carbonyl (C=O) groups excluding carboxylic acids is 1. The third-order valence-corrected chi connectivity index (χ3v) is 4.61. The van der Waals surface area contributed by atoms with E-state index in [2.05, 4.69) is 10.3 Å². The molecule has 3 rings (SSSR count). The zero-order valence-electron chi connectivity index (χ0n) is 14.3. The third-order valence-electron chi connectivity index (χ3n) is 4.61. The van der Waals surface area contributed by atoms with Crippen LogP contribution >= 0.6 is 0 Å². The number of likely N-dealkylation sites (tertiary alicyclic amines) is 1. The van der Waals surface area contributed by atoms with Gasteiger partial charge >= 0.3 is 6.03 Å². The van der Waals surface area contributed by atoms with Crippen LogP contribution in [0, 0.1) is 6.92 Å². The highest BCUT2D eigenvalue weighted by Gasteiger charge is 2.25. The fraction of sp³-hybridized carbons (Fsp3) is 0.368. The van der Waals surface area contributed by atoms with E-state index in [1.807, 2.05) is 13.0 Å². The Kier molecular flexibility index (Phi) is 5.07. The first kappa shape index (κ1) is 17.1. The Labute approximate surface area is 147 Å². The van der Waals surface area contributed by atoms with Crippen molar-refractivity contribution in [2.75, 3.05) is 13.1 Å². The van der Waals surface area contributed by atoms with Crippen LogP contribution in [0.5, 0.6) is 11.5 Å². The van der Waals surface area contributed by atoms with Gasteiger partial charge in [-0.05, 0) is 48.4 Å². The van der Waals surface area contributed by atoms with Gasteiger partial charge in [-0.1, -0.05) is 12.1 Å². The second kappa shape index (κ2) is 7.42. The molecule has 0 atom stereocenters. The van der Waals surface area contributed by atoms with Gasteiger partial charge in [0.25, 0.3) is 0 Å². The molecule has 1 fully saturated rings.